The van der Waals surface area contributed by atoms with Crippen molar-refractivity contribution in [3.05, 3.63) is 52.2 Å². The second-order valence-electron chi connectivity index (χ2n) is 3.73. The van der Waals surface area contributed by atoms with Crippen molar-refractivity contribution >= 4 is 17.0 Å². The van der Waals surface area contributed by atoms with Gasteiger partial charge >= 0.3 is 0 Å². The van der Waals surface area contributed by atoms with E-state index in [4.69, 9.17) is 0 Å². The number of rotatable bonds is 4. The van der Waals surface area contributed by atoms with Gasteiger partial charge in [0, 0.05) is 17.1 Å². The smallest absolute Gasteiger partial charge is 0.0761 e. The van der Waals surface area contributed by atoms with Crippen molar-refractivity contribution in [1.29, 1.82) is 0 Å². The first-order valence-electron chi connectivity index (χ1n) is 5.30. The maximum absolute atomic E-state index is 9.38. The molecule has 0 bridgehead atoms. The summed E-state index contributed by atoms with van der Waals surface area (Å²) in [6.45, 7) is 2.62. The highest BCUT2D eigenvalue weighted by molar-refractivity contribution is 7.09. The van der Waals surface area contributed by atoms with Gasteiger partial charge in [0.1, 0.15) is 0 Å². The van der Waals surface area contributed by atoms with Gasteiger partial charge in [-0.3, -0.25) is 0 Å². The maximum atomic E-state index is 9.38. The lowest BCUT2D eigenvalue weighted by atomic mass is 10.1. The molecule has 2 aromatic rings. The fourth-order valence-corrected chi connectivity index (χ4v) is 2.13. The second-order valence-corrected chi connectivity index (χ2v) is 4.76. The van der Waals surface area contributed by atoms with Crippen LogP contribution in [0.1, 0.15) is 23.5 Å². The van der Waals surface area contributed by atoms with Gasteiger partial charge in [-0.05, 0) is 36.1 Å². The normalized spacial score (nSPS) is 12.4. The van der Waals surface area contributed by atoms with Gasteiger partial charge in [-0.1, -0.05) is 18.2 Å². The van der Waals surface area contributed by atoms with E-state index in [1.807, 2.05) is 24.3 Å². The van der Waals surface area contributed by atoms with E-state index in [1.165, 1.54) is 4.88 Å². The highest BCUT2D eigenvalue weighted by atomic mass is 32.1. The number of aliphatic hydroxyl groups excluding tert-OH is 1. The molecule has 1 unspecified atom stereocenters. The zero-order valence-electron chi connectivity index (χ0n) is 9.18. The highest BCUT2D eigenvalue weighted by Crippen LogP contribution is 2.17. The van der Waals surface area contributed by atoms with Crippen molar-refractivity contribution in [2.75, 3.05) is 5.32 Å². The lowest BCUT2D eigenvalue weighted by Gasteiger charge is -2.07. The molecule has 0 aliphatic rings. The molecular formula is C13H15NOS. The molecule has 3 heteroatoms. The van der Waals surface area contributed by atoms with Crippen LogP contribution >= 0.6 is 11.3 Å². The number of benzene rings is 1. The number of anilines is 1. The molecule has 84 valence electrons. The summed E-state index contributed by atoms with van der Waals surface area (Å²) in [5.41, 5.74) is 2.03. The Morgan fingerprint density at radius 1 is 1.25 bits per heavy atom. The van der Waals surface area contributed by atoms with E-state index >= 15 is 0 Å². The first-order valence-corrected chi connectivity index (χ1v) is 6.18. The number of hydrogen-bond donors (Lipinski definition) is 2. The third-order valence-corrected chi connectivity index (χ3v) is 3.32. The third-order valence-electron chi connectivity index (χ3n) is 2.44. The molecule has 0 aliphatic heterocycles. The summed E-state index contributed by atoms with van der Waals surface area (Å²) in [6, 6.07) is 12.0. The minimum atomic E-state index is -0.397. The Hall–Kier alpha value is -1.32. The van der Waals surface area contributed by atoms with Crippen LogP contribution in [0.5, 0.6) is 0 Å². The molecule has 2 nitrogen and oxygen atoms in total. The van der Waals surface area contributed by atoms with E-state index in [9.17, 15) is 5.11 Å². The standard InChI is InChI=1S/C13H15NOS/c1-10(15)11-4-6-12(7-5-11)14-9-13-3-2-8-16-13/h2-8,10,14-15H,9H2,1H3. The molecule has 16 heavy (non-hydrogen) atoms. The predicted octanol–water partition coefficient (Wildman–Crippen LogP) is 3.41. The van der Waals surface area contributed by atoms with Crippen LogP contribution < -0.4 is 5.32 Å². The van der Waals surface area contributed by atoms with E-state index in [1.54, 1.807) is 18.3 Å². The minimum absolute atomic E-state index is 0.397. The summed E-state index contributed by atoms with van der Waals surface area (Å²) in [6.07, 6.45) is -0.397. The number of hydrogen-bond acceptors (Lipinski definition) is 3. The summed E-state index contributed by atoms with van der Waals surface area (Å²) in [7, 11) is 0. The monoisotopic (exact) mass is 233 g/mol. The van der Waals surface area contributed by atoms with Crippen LogP contribution in [0.2, 0.25) is 0 Å². The molecule has 1 atom stereocenters. The summed E-state index contributed by atoms with van der Waals surface area (Å²) < 4.78 is 0. The van der Waals surface area contributed by atoms with Gasteiger partial charge < -0.3 is 10.4 Å². The lowest BCUT2D eigenvalue weighted by Crippen LogP contribution is -1.98. The lowest BCUT2D eigenvalue weighted by molar-refractivity contribution is 0.199. The van der Waals surface area contributed by atoms with Gasteiger partial charge in [-0.15, -0.1) is 11.3 Å². The zero-order valence-corrected chi connectivity index (χ0v) is 10.00. The Kier molecular flexibility index (Phi) is 3.59. The van der Waals surface area contributed by atoms with Gasteiger partial charge in [-0.25, -0.2) is 0 Å². The highest BCUT2D eigenvalue weighted by Gasteiger charge is 2.00. The maximum Gasteiger partial charge on any atom is 0.0761 e. The van der Waals surface area contributed by atoms with Crippen molar-refractivity contribution in [2.24, 2.45) is 0 Å². The van der Waals surface area contributed by atoms with Crippen molar-refractivity contribution in [3.63, 3.8) is 0 Å². The third kappa shape index (κ3) is 2.84. The van der Waals surface area contributed by atoms with Crippen LogP contribution in [0.15, 0.2) is 41.8 Å². The first kappa shape index (κ1) is 11.2. The van der Waals surface area contributed by atoms with Crippen LogP contribution in [-0.2, 0) is 6.54 Å². The molecule has 0 saturated heterocycles. The quantitative estimate of drug-likeness (QED) is 0.848. The second kappa shape index (κ2) is 5.14. The largest absolute Gasteiger partial charge is 0.389 e. The van der Waals surface area contributed by atoms with Crippen molar-refractivity contribution in [3.8, 4) is 0 Å². The van der Waals surface area contributed by atoms with Crippen LogP contribution in [0.25, 0.3) is 0 Å². The SMILES string of the molecule is CC(O)c1ccc(NCc2cccs2)cc1. The summed E-state index contributed by atoms with van der Waals surface area (Å²) in [5.74, 6) is 0. The van der Waals surface area contributed by atoms with Gasteiger partial charge in [-0.2, -0.15) is 0 Å². The number of nitrogens with one attached hydrogen (secondary N) is 1. The van der Waals surface area contributed by atoms with Gasteiger partial charge in [0.2, 0.25) is 0 Å². The molecule has 0 radical (unpaired) electrons. The van der Waals surface area contributed by atoms with E-state index in [0.29, 0.717) is 0 Å². The molecule has 1 heterocycles. The molecule has 1 aromatic carbocycles. The summed E-state index contributed by atoms with van der Waals surface area (Å²) in [5, 5.41) is 14.8. The van der Waals surface area contributed by atoms with Crippen molar-refractivity contribution in [2.45, 2.75) is 19.6 Å². The topological polar surface area (TPSA) is 32.3 Å². The van der Waals surface area contributed by atoms with Gasteiger partial charge in [0.25, 0.3) is 0 Å². The molecule has 2 N–H and O–H groups in total. The van der Waals surface area contributed by atoms with E-state index in [-0.39, 0.29) is 0 Å². The van der Waals surface area contributed by atoms with Crippen LogP contribution in [0.3, 0.4) is 0 Å². The fourth-order valence-electron chi connectivity index (χ4n) is 1.48. The predicted molar refractivity (Wildman–Crippen MR) is 68.7 cm³/mol. The summed E-state index contributed by atoms with van der Waals surface area (Å²) in [4.78, 5) is 1.32. The Bertz CT molecular complexity index is 420. The summed E-state index contributed by atoms with van der Waals surface area (Å²) >= 11 is 1.75. The van der Waals surface area contributed by atoms with E-state index in [0.717, 1.165) is 17.8 Å². The van der Waals surface area contributed by atoms with Crippen molar-refractivity contribution < 1.29 is 5.11 Å². The molecule has 0 fully saturated rings. The molecule has 0 aliphatic carbocycles. The molecule has 1 aromatic heterocycles. The van der Waals surface area contributed by atoms with Gasteiger partial charge in [0.15, 0.2) is 0 Å². The Morgan fingerprint density at radius 2 is 2.00 bits per heavy atom. The van der Waals surface area contributed by atoms with Crippen LogP contribution in [0.4, 0.5) is 5.69 Å². The number of thiophene rings is 1. The van der Waals surface area contributed by atoms with Crippen LogP contribution in [0, 0.1) is 0 Å². The van der Waals surface area contributed by atoms with Crippen molar-refractivity contribution in [1.82, 2.24) is 0 Å². The Labute approximate surface area is 99.6 Å². The van der Waals surface area contributed by atoms with Gasteiger partial charge in [0.05, 0.1) is 6.10 Å². The zero-order chi connectivity index (χ0) is 11.4. The Morgan fingerprint density at radius 3 is 2.56 bits per heavy atom. The Balaban J connectivity index is 1.95. The molecule has 2 rings (SSSR count). The molecule has 0 saturated carbocycles. The number of aliphatic hydroxyl groups is 1. The molecule has 0 amide bonds. The van der Waals surface area contributed by atoms with E-state index < -0.39 is 6.10 Å². The molecular weight excluding hydrogens is 218 g/mol. The van der Waals surface area contributed by atoms with Crippen LogP contribution in [-0.4, -0.2) is 5.11 Å². The first-order chi connectivity index (χ1) is 7.75. The molecule has 0 spiro atoms. The van der Waals surface area contributed by atoms with E-state index in [2.05, 4.69) is 22.8 Å². The minimum Gasteiger partial charge on any atom is -0.389 e. The average molecular weight is 233 g/mol. The fraction of sp³-hybridized carbons (Fsp3) is 0.231. The average Bonchev–Trinajstić information content (AvgIpc) is 2.80.